The Morgan fingerprint density at radius 1 is 0.895 bits per heavy atom. The molecule has 1 fully saturated rings. The average molecular weight is 315 g/mol. The van der Waals surface area contributed by atoms with Crippen LogP contribution in [0.1, 0.15) is 40.8 Å². The summed E-state index contributed by atoms with van der Waals surface area (Å²) in [6.07, 6.45) is 5.18. The Labute approximate surface area is 124 Å². The molecular formula is C18H19Br. The second-order valence-electron chi connectivity index (χ2n) is 5.50. The van der Waals surface area contributed by atoms with Gasteiger partial charge < -0.3 is 0 Å². The molecule has 19 heavy (non-hydrogen) atoms. The number of hydrogen-bond acceptors (Lipinski definition) is 0. The Morgan fingerprint density at radius 3 is 2.11 bits per heavy atom. The van der Waals surface area contributed by atoms with Crippen molar-refractivity contribution in [1.82, 2.24) is 0 Å². The molecule has 0 nitrogen and oxygen atoms in total. The lowest BCUT2D eigenvalue weighted by atomic mass is 9.81. The van der Waals surface area contributed by atoms with E-state index >= 15 is 0 Å². The average Bonchev–Trinajstić information content (AvgIpc) is 2.39. The van der Waals surface area contributed by atoms with Gasteiger partial charge in [-0.3, -0.25) is 0 Å². The second-order valence-corrected chi connectivity index (χ2v) is 6.48. The molecule has 0 bridgehead atoms. The Morgan fingerprint density at radius 2 is 1.53 bits per heavy atom. The molecule has 0 heterocycles. The van der Waals surface area contributed by atoms with E-state index in [0.29, 0.717) is 4.83 Å². The molecule has 2 aromatic rings. The normalized spacial score (nSPS) is 16.9. The first-order valence-corrected chi connectivity index (χ1v) is 8.01. The third-order valence-corrected chi connectivity index (χ3v) is 5.39. The molecule has 98 valence electrons. The van der Waals surface area contributed by atoms with Crippen molar-refractivity contribution in [2.75, 3.05) is 0 Å². The van der Waals surface area contributed by atoms with Crippen LogP contribution in [0.25, 0.3) is 0 Å². The zero-order valence-electron chi connectivity index (χ0n) is 11.1. The van der Waals surface area contributed by atoms with E-state index in [0.717, 1.165) is 12.3 Å². The maximum Gasteiger partial charge on any atom is 0.0423 e. The minimum atomic E-state index is 0.548. The van der Waals surface area contributed by atoms with Crippen LogP contribution in [0.3, 0.4) is 0 Å². The molecular weight excluding hydrogens is 296 g/mol. The third kappa shape index (κ3) is 3.09. The van der Waals surface area contributed by atoms with Crippen LogP contribution in [0.2, 0.25) is 0 Å². The number of rotatable bonds is 4. The van der Waals surface area contributed by atoms with Gasteiger partial charge in [0.2, 0.25) is 0 Å². The van der Waals surface area contributed by atoms with Crippen LogP contribution in [-0.4, -0.2) is 0 Å². The van der Waals surface area contributed by atoms with Crippen molar-refractivity contribution in [2.45, 2.75) is 30.5 Å². The van der Waals surface area contributed by atoms with Gasteiger partial charge in [0.25, 0.3) is 0 Å². The molecule has 1 unspecified atom stereocenters. The van der Waals surface area contributed by atoms with Gasteiger partial charge in [-0.05, 0) is 41.9 Å². The molecule has 0 aliphatic heterocycles. The van der Waals surface area contributed by atoms with Crippen LogP contribution in [0.5, 0.6) is 0 Å². The number of hydrogen-bond donors (Lipinski definition) is 0. The van der Waals surface area contributed by atoms with Gasteiger partial charge >= 0.3 is 0 Å². The van der Waals surface area contributed by atoms with Crippen LogP contribution in [0.4, 0.5) is 0 Å². The van der Waals surface area contributed by atoms with E-state index < -0.39 is 0 Å². The summed E-state index contributed by atoms with van der Waals surface area (Å²) in [6.45, 7) is 0. The molecule has 0 aromatic heterocycles. The predicted octanol–water partition coefficient (Wildman–Crippen LogP) is 5.51. The Bertz CT molecular complexity index is 511. The van der Waals surface area contributed by atoms with Gasteiger partial charge in [0.1, 0.15) is 0 Å². The molecule has 1 aliphatic rings. The first kappa shape index (κ1) is 12.9. The van der Waals surface area contributed by atoms with Crippen molar-refractivity contribution in [3.8, 4) is 0 Å². The lowest BCUT2D eigenvalue weighted by Crippen LogP contribution is -2.16. The highest BCUT2D eigenvalue weighted by molar-refractivity contribution is 9.09. The van der Waals surface area contributed by atoms with Crippen molar-refractivity contribution < 1.29 is 0 Å². The largest absolute Gasteiger partial charge is 0.0836 e. The fourth-order valence-electron chi connectivity index (χ4n) is 2.66. The van der Waals surface area contributed by atoms with Gasteiger partial charge in [-0.15, -0.1) is 0 Å². The van der Waals surface area contributed by atoms with Crippen molar-refractivity contribution in [3.05, 3.63) is 71.3 Å². The van der Waals surface area contributed by atoms with E-state index in [1.165, 1.54) is 36.0 Å². The maximum absolute atomic E-state index is 3.85. The number of alkyl halides is 1. The monoisotopic (exact) mass is 314 g/mol. The smallest absolute Gasteiger partial charge is 0.0423 e. The van der Waals surface area contributed by atoms with E-state index in [1.807, 2.05) is 0 Å². The topological polar surface area (TPSA) is 0 Å². The van der Waals surface area contributed by atoms with E-state index in [9.17, 15) is 0 Å². The molecule has 1 atom stereocenters. The van der Waals surface area contributed by atoms with E-state index in [1.54, 1.807) is 0 Å². The zero-order valence-corrected chi connectivity index (χ0v) is 12.6. The first-order chi connectivity index (χ1) is 9.33. The first-order valence-electron chi connectivity index (χ1n) is 7.10. The summed E-state index contributed by atoms with van der Waals surface area (Å²) in [5.41, 5.74) is 4.20. The van der Waals surface area contributed by atoms with Crippen molar-refractivity contribution >= 4 is 15.9 Å². The summed E-state index contributed by atoms with van der Waals surface area (Å²) in [7, 11) is 0. The lowest BCUT2D eigenvalue weighted by molar-refractivity contribution is 0.312. The molecule has 0 spiro atoms. The van der Waals surface area contributed by atoms with Crippen molar-refractivity contribution in [2.24, 2.45) is 5.92 Å². The minimum Gasteiger partial charge on any atom is -0.0836 e. The molecule has 0 amide bonds. The quantitative estimate of drug-likeness (QED) is 0.652. The number of benzene rings is 2. The van der Waals surface area contributed by atoms with Gasteiger partial charge in [0, 0.05) is 4.83 Å². The zero-order chi connectivity index (χ0) is 13.1. The minimum absolute atomic E-state index is 0.548. The highest BCUT2D eigenvalue weighted by atomic mass is 79.9. The van der Waals surface area contributed by atoms with Crippen molar-refractivity contribution in [3.63, 3.8) is 0 Å². The van der Waals surface area contributed by atoms with E-state index in [4.69, 9.17) is 0 Å². The summed E-state index contributed by atoms with van der Waals surface area (Å²) < 4.78 is 0. The van der Waals surface area contributed by atoms with E-state index in [-0.39, 0.29) is 0 Å². The van der Waals surface area contributed by atoms with Crippen molar-refractivity contribution in [1.29, 1.82) is 0 Å². The maximum atomic E-state index is 3.85. The van der Waals surface area contributed by atoms with Crippen LogP contribution >= 0.6 is 15.9 Å². The predicted molar refractivity (Wildman–Crippen MR) is 84.7 cm³/mol. The molecule has 3 rings (SSSR count). The molecule has 0 radical (unpaired) electrons. The Kier molecular flexibility index (Phi) is 4.03. The van der Waals surface area contributed by atoms with Gasteiger partial charge in [0.15, 0.2) is 0 Å². The Balaban J connectivity index is 1.68. The fraction of sp³-hybridized carbons (Fsp3) is 0.333. The van der Waals surface area contributed by atoms with Crippen LogP contribution in [0, 0.1) is 5.92 Å². The third-order valence-electron chi connectivity index (χ3n) is 4.11. The van der Waals surface area contributed by atoms with Crippen LogP contribution < -0.4 is 0 Å². The Hall–Kier alpha value is -1.08. The van der Waals surface area contributed by atoms with Gasteiger partial charge in [-0.25, -0.2) is 0 Å². The standard InChI is InChI=1S/C18H19Br/c19-18(16-7-4-8-16)17-11-9-15(10-12-17)13-14-5-2-1-3-6-14/h1-3,5-6,9-12,16,18H,4,7-8,13H2. The second kappa shape index (κ2) is 5.92. The summed E-state index contributed by atoms with van der Waals surface area (Å²) in [6, 6.07) is 19.8. The fourth-order valence-corrected chi connectivity index (χ4v) is 3.49. The number of halogens is 1. The molecule has 0 N–H and O–H groups in total. The summed E-state index contributed by atoms with van der Waals surface area (Å²) >= 11 is 3.85. The molecule has 2 aromatic carbocycles. The molecule has 1 aliphatic carbocycles. The molecule has 1 saturated carbocycles. The van der Waals surface area contributed by atoms with Crippen LogP contribution in [0.15, 0.2) is 54.6 Å². The van der Waals surface area contributed by atoms with E-state index in [2.05, 4.69) is 70.5 Å². The summed E-state index contributed by atoms with van der Waals surface area (Å²) in [4.78, 5) is 0.548. The molecule has 0 saturated heterocycles. The summed E-state index contributed by atoms with van der Waals surface area (Å²) in [5, 5.41) is 0. The SMILES string of the molecule is BrC(c1ccc(Cc2ccccc2)cc1)C1CCC1. The molecule has 1 heteroatoms. The highest BCUT2D eigenvalue weighted by Gasteiger charge is 2.26. The van der Waals surface area contributed by atoms with Gasteiger partial charge in [-0.1, -0.05) is 76.9 Å². The van der Waals surface area contributed by atoms with Crippen LogP contribution in [-0.2, 0) is 6.42 Å². The van der Waals surface area contributed by atoms with Gasteiger partial charge in [-0.2, -0.15) is 0 Å². The van der Waals surface area contributed by atoms with Gasteiger partial charge in [0.05, 0.1) is 0 Å². The lowest BCUT2D eigenvalue weighted by Gasteiger charge is -2.30. The summed E-state index contributed by atoms with van der Waals surface area (Å²) in [5.74, 6) is 0.847. The highest BCUT2D eigenvalue weighted by Crippen LogP contribution is 2.42.